The van der Waals surface area contributed by atoms with E-state index in [0.717, 1.165) is 43.4 Å². The van der Waals surface area contributed by atoms with E-state index in [4.69, 9.17) is 24.3 Å². The smallest absolute Gasteiger partial charge is 0.459 e. The Labute approximate surface area is 289 Å². The lowest BCUT2D eigenvalue weighted by Gasteiger charge is -2.42. The molecule has 20 heteroatoms. The number of hydrogen-bond donors (Lipinski definition) is 5. The van der Waals surface area contributed by atoms with Gasteiger partial charge in [0.2, 0.25) is 16.0 Å². The highest BCUT2D eigenvalue weighted by molar-refractivity contribution is 7.88. The number of hydrogen-bond acceptors (Lipinski definition) is 15. The highest BCUT2D eigenvalue weighted by Crippen LogP contribution is 2.51. The van der Waals surface area contributed by atoms with Crippen LogP contribution in [0.25, 0.3) is 11.2 Å². The molecule has 2 saturated carbocycles. The first-order valence-electron chi connectivity index (χ1n) is 16.4. The largest absolute Gasteiger partial charge is 0.461 e. The molecule has 0 bridgehead atoms. The van der Waals surface area contributed by atoms with Crippen LogP contribution in [-0.2, 0) is 33.4 Å². The fraction of sp³-hybridized carbons (Fsp3) is 0.600. The van der Waals surface area contributed by atoms with Gasteiger partial charge in [0.25, 0.3) is 0 Å². The Morgan fingerprint density at radius 1 is 1.18 bits per heavy atom. The van der Waals surface area contributed by atoms with Gasteiger partial charge in [-0.15, -0.1) is 4.83 Å². The predicted octanol–water partition coefficient (Wildman–Crippen LogP) is 1.91. The Morgan fingerprint density at radius 3 is 2.52 bits per heavy atom. The maximum atomic E-state index is 14.5. The van der Waals surface area contributed by atoms with Crippen LogP contribution in [0.5, 0.6) is 5.75 Å². The number of rotatable bonds is 13. The number of ether oxygens (including phenoxy) is 2. The number of hydrazine groups is 1. The molecule has 1 aromatic carbocycles. The maximum absolute atomic E-state index is 14.5. The van der Waals surface area contributed by atoms with Gasteiger partial charge in [0, 0.05) is 7.05 Å². The Bertz CT molecular complexity index is 1850. The molecule has 2 aliphatic carbocycles. The minimum Gasteiger partial charge on any atom is -0.461 e. The number of carbonyl (C=O) groups is 1. The van der Waals surface area contributed by atoms with Crippen LogP contribution in [0, 0.1) is 0 Å². The number of para-hydroxylation sites is 1. The highest BCUT2D eigenvalue weighted by atomic mass is 32.2. The molecule has 3 unspecified atom stereocenters. The lowest BCUT2D eigenvalue weighted by Crippen LogP contribution is -2.57. The molecule has 5 atom stereocenters. The van der Waals surface area contributed by atoms with Crippen molar-refractivity contribution in [1.29, 1.82) is 0 Å². The number of carbonyl (C=O) groups excluding carboxylic acids is 1. The van der Waals surface area contributed by atoms with E-state index in [2.05, 4.69) is 24.9 Å². The average molecular weight is 739 g/mol. The molecule has 3 heterocycles. The van der Waals surface area contributed by atoms with Crippen molar-refractivity contribution in [3.63, 3.8) is 0 Å². The minimum absolute atomic E-state index is 0.0201. The Hall–Kier alpha value is -3.42. The van der Waals surface area contributed by atoms with Gasteiger partial charge < -0.3 is 29.9 Å². The van der Waals surface area contributed by atoms with Crippen molar-refractivity contribution in [3.8, 4) is 5.75 Å². The zero-order chi connectivity index (χ0) is 35.9. The van der Waals surface area contributed by atoms with Crippen LogP contribution in [0.1, 0.15) is 64.5 Å². The van der Waals surface area contributed by atoms with Crippen LogP contribution in [0.15, 0.2) is 36.7 Å². The van der Waals surface area contributed by atoms with E-state index in [9.17, 15) is 28.0 Å². The number of imidazole rings is 1. The monoisotopic (exact) mass is 738 g/mol. The number of nitrogen functional groups attached to an aromatic ring is 1. The third-order valence-corrected chi connectivity index (χ3v) is 11.4. The van der Waals surface area contributed by atoms with Crippen LogP contribution < -0.4 is 25.2 Å². The molecule has 0 amide bonds. The summed E-state index contributed by atoms with van der Waals surface area (Å²) < 4.78 is 63.2. The summed E-state index contributed by atoms with van der Waals surface area (Å²) in [5, 5.41) is 26.8. The quantitative estimate of drug-likeness (QED) is 0.0955. The van der Waals surface area contributed by atoms with Gasteiger partial charge in [-0.05, 0) is 64.0 Å². The number of nitrogens with zero attached hydrogens (tertiary/aromatic N) is 5. The van der Waals surface area contributed by atoms with Gasteiger partial charge in [0.1, 0.15) is 35.2 Å². The first kappa shape index (κ1) is 36.4. The summed E-state index contributed by atoms with van der Waals surface area (Å²) in [4.78, 5) is 28.4. The van der Waals surface area contributed by atoms with E-state index in [1.54, 1.807) is 30.3 Å². The third kappa shape index (κ3) is 7.60. The molecule has 0 spiro atoms. The topological polar surface area (TPSA) is 243 Å². The zero-order valence-corrected chi connectivity index (χ0v) is 29.7. The van der Waals surface area contributed by atoms with Crippen LogP contribution >= 0.6 is 7.75 Å². The van der Waals surface area contributed by atoms with Crippen molar-refractivity contribution >= 4 is 46.7 Å². The standard InChI is InChI=1S/C30H43N8O10PS/c1-29(41)23(39)21(47-26(29)38-18-32-22-24(33-28(31)34-25(22)38)37(2)36-50(3,43)44)17-45-49(42,48-20-13-8-5-9-14-20)35-30(15-10-16-30)27(40)46-19-11-6-4-7-12-19/h5,8-9,13-14,18-19,21,23,26,36,39,41H,4,6-7,10-12,15-17H2,1-3H3,(H,35,42)(H2,31,33,34)/t21?,23-,26?,29-,49?/m1/s1. The van der Waals surface area contributed by atoms with Gasteiger partial charge in [0.15, 0.2) is 23.2 Å². The van der Waals surface area contributed by atoms with Gasteiger partial charge in [-0.25, -0.2) is 18.0 Å². The second-order valence-electron chi connectivity index (χ2n) is 13.3. The van der Waals surface area contributed by atoms with Gasteiger partial charge in [-0.2, -0.15) is 15.1 Å². The molecule has 274 valence electrons. The fourth-order valence-electron chi connectivity index (χ4n) is 6.47. The average Bonchev–Trinajstić information content (AvgIpc) is 3.54. The number of esters is 1. The molecule has 3 aliphatic rings. The van der Waals surface area contributed by atoms with Gasteiger partial charge in [0.05, 0.1) is 19.2 Å². The predicted molar refractivity (Wildman–Crippen MR) is 180 cm³/mol. The van der Waals surface area contributed by atoms with E-state index >= 15 is 0 Å². The number of nitrogens with one attached hydrogen (secondary N) is 2. The first-order valence-corrected chi connectivity index (χ1v) is 19.8. The van der Waals surface area contributed by atoms with Crippen molar-refractivity contribution in [2.75, 3.05) is 30.7 Å². The highest BCUT2D eigenvalue weighted by Gasteiger charge is 2.56. The van der Waals surface area contributed by atoms with Crippen LogP contribution in [-0.4, -0.2) is 93.5 Å². The Kier molecular flexibility index (Phi) is 10.1. The van der Waals surface area contributed by atoms with Crippen molar-refractivity contribution in [2.45, 2.75) is 94.0 Å². The van der Waals surface area contributed by atoms with Crippen molar-refractivity contribution in [3.05, 3.63) is 36.7 Å². The van der Waals surface area contributed by atoms with E-state index in [-0.39, 0.29) is 34.8 Å². The summed E-state index contributed by atoms with van der Waals surface area (Å²) in [5.74, 6) is -0.510. The van der Waals surface area contributed by atoms with Crippen molar-refractivity contribution in [2.24, 2.45) is 0 Å². The Morgan fingerprint density at radius 2 is 1.88 bits per heavy atom. The molecule has 50 heavy (non-hydrogen) atoms. The molecular weight excluding hydrogens is 695 g/mol. The SMILES string of the molecule is CN(NS(C)(=O)=O)c1nc(N)nc2c1ncn2C1OC(COP(=O)(NC2(C(=O)OC3CCCCC3)CCC2)Oc2ccccc2)[C@@H](O)[C@@]1(C)O. The zero-order valence-electron chi connectivity index (χ0n) is 28.0. The number of nitrogens with two attached hydrogens (primary N) is 1. The molecule has 2 aromatic heterocycles. The molecule has 18 nitrogen and oxygen atoms in total. The van der Waals surface area contributed by atoms with Crippen LogP contribution in [0.4, 0.5) is 11.8 Å². The van der Waals surface area contributed by atoms with Gasteiger partial charge in [-0.1, -0.05) is 24.6 Å². The molecule has 3 aromatic rings. The number of aliphatic hydroxyl groups is 2. The van der Waals surface area contributed by atoms with Gasteiger partial charge in [-0.3, -0.25) is 18.9 Å². The summed E-state index contributed by atoms with van der Waals surface area (Å²) in [6.07, 6.45) is 3.85. The molecule has 0 radical (unpaired) electrons. The number of anilines is 2. The van der Waals surface area contributed by atoms with Crippen LogP contribution in [0.2, 0.25) is 0 Å². The van der Waals surface area contributed by atoms with E-state index in [1.807, 2.05) is 0 Å². The van der Waals surface area contributed by atoms with Gasteiger partial charge >= 0.3 is 13.7 Å². The lowest BCUT2D eigenvalue weighted by molar-refractivity contribution is -0.162. The number of benzene rings is 1. The number of sulfonamides is 1. The fourth-order valence-corrected chi connectivity index (χ4v) is 8.80. The summed E-state index contributed by atoms with van der Waals surface area (Å²) in [5.41, 5.74) is 2.86. The van der Waals surface area contributed by atoms with E-state index in [1.165, 1.54) is 24.9 Å². The summed E-state index contributed by atoms with van der Waals surface area (Å²) in [6, 6.07) is 8.31. The first-order chi connectivity index (χ1) is 23.6. The Balaban J connectivity index is 1.23. The summed E-state index contributed by atoms with van der Waals surface area (Å²) in [6.45, 7) is 0.800. The molecule has 3 fully saturated rings. The number of fused-ring (bicyclic) bond motifs is 1. The van der Waals surface area contributed by atoms with E-state index in [0.29, 0.717) is 19.3 Å². The van der Waals surface area contributed by atoms with Crippen molar-refractivity contribution < 1.29 is 46.5 Å². The second-order valence-corrected chi connectivity index (χ2v) is 16.6. The minimum atomic E-state index is -4.36. The molecular formula is C30H43N8O10PS. The molecule has 1 aliphatic heterocycles. The number of aromatic nitrogens is 4. The van der Waals surface area contributed by atoms with Crippen molar-refractivity contribution in [1.82, 2.24) is 29.4 Å². The third-order valence-electron chi connectivity index (χ3n) is 9.20. The van der Waals surface area contributed by atoms with E-state index < -0.39 is 59.9 Å². The lowest BCUT2D eigenvalue weighted by atomic mass is 9.77. The maximum Gasteiger partial charge on any atom is 0.459 e. The number of aliphatic hydroxyl groups excluding tert-OH is 1. The summed E-state index contributed by atoms with van der Waals surface area (Å²) >= 11 is 0. The molecule has 6 rings (SSSR count). The van der Waals surface area contributed by atoms with Crippen LogP contribution in [0.3, 0.4) is 0 Å². The molecule has 6 N–H and O–H groups in total. The normalized spacial score (nSPS) is 26.6. The second kappa shape index (κ2) is 14.0. The molecule has 1 saturated heterocycles. The summed E-state index contributed by atoms with van der Waals surface area (Å²) in [7, 11) is -6.65.